The fourth-order valence-corrected chi connectivity index (χ4v) is 1.87. The molecule has 21 heavy (non-hydrogen) atoms. The molecule has 0 bridgehead atoms. The van der Waals surface area contributed by atoms with Crippen LogP contribution in [0.2, 0.25) is 0 Å². The number of anilines is 1. The Morgan fingerprint density at radius 2 is 1.57 bits per heavy atom. The second-order valence-corrected chi connectivity index (χ2v) is 4.64. The second kappa shape index (κ2) is 6.05. The molecular formula is C13H14F5N2O. The molecule has 0 aromatic heterocycles. The van der Waals surface area contributed by atoms with Gasteiger partial charge in [-0.3, -0.25) is 0 Å². The third-order valence-corrected chi connectivity index (χ3v) is 3.09. The molecule has 1 fully saturated rings. The van der Waals surface area contributed by atoms with Crippen LogP contribution >= 0.6 is 0 Å². The molecule has 1 aromatic carbocycles. The summed E-state index contributed by atoms with van der Waals surface area (Å²) < 4.78 is 66.0. The van der Waals surface area contributed by atoms with Gasteiger partial charge in [0.15, 0.2) is 6.61 Å². The van der Waals surface area contributed by atoms with E-state index in [-0.39, 0.29) is 5.75 Å². The highest BCUT2D eigenvalue weighted by Crippen LogP contribution is 2.35. The number of ether oxygens (including phenoxy) is 1. The van der Waals surface area contributed by atoms with Crippen LogP contribution in [0.3, 0.4) is 0 Å². The minimum Gasteiger partial charge on any atom is -0.487 e. The Bertz CT molecular complexity index is 455. The van der Waals surface area contributed by atoms with E-state index in [1.54, 1.807) is 12.1 Å². The van der Waals surface area contributed by atoms with Crippen molar-refractivity contribution in [1.29, 1.82) is 0 Å². The number of hydrogen-bond donors (Lipinski definition) is 0. The van der Waals surface area contributed by atoms with Gasteiger partial charge in [-0.05, 0) is 24.3 Å². The zero-order valence-electron chi connectivity index (χ0n) is 11.0. The highest BCUT2D eigenvalue weighted by molar-refractivity contribution is 5.49. The molecule has 2 rings (SSSR count). The summed E-state index contributed by atoms with van der Waals surface area (Å²) in [4.78, 5) is 2.06. The van der Waals surface area contributed by atoms with E-state index in [9.17, 15) is 22.0 Å². The molecule has 8 heteroatoms. The van der Waals surface area contributed by atoms with E-state index in [0.29, 0.717) is 0 Å². The smallest absolute Gasteiger partial charge is 0.456 e. The molecular weight excluding hydrogens is 295 g/mol. The highest BCUT2D eigenvalue weighted by atomic mass is 19.4. The van der Waals surface area contributed by atoms with E-state index in [2.05, 4.69) is 15.0 Å². The Hall–Kier alpha value is -1.57. The molecule has 0 unspecified atom stereocenters. The lowest BCUT2D eigenvalue weighted by Gasteiger charge is -2.28. The van der Waals surface area contributed by atoms with Crippen LogP contribution in [0.5, 0.6) is 5.75 Å². The minimum absolute atomic E-state index is 0.0237. The molecule has 117 valence electrons. The van der Waals surface area contributed by atoms with Gasteiger partial charge in [0.1, 0.15) is 5.75 Å². The van der Waals surface area contributed by atoms with Crippen LogP contribution in [0, 0.1) is 0 Å². The Kier molecular flexibility index (Phi) is 4.55. The highest BCUT2D eigenvalue weighted by Gasteiger charge is 2.58. The lowest BCUT2D eigenvalue weighted by atomic mass is 10.2. The summed E-state index contributed by atoms with van der Waals surface area (Å²) in [6, 6.07) is 6.03. The van der Waals surface area contributed by atoms with Crippen LogP contribution < -0.4 is 15.0 Å². The molecule has 1 aliphatic heterocycles. The molecule has 0 aliphatic carbocycles. The van der Waals surface area contributed by atoms with Gasteiger partial charge >= 0.3 is 12.1 Å². The molecule has 1 radical (unpaired) electrons. The van der Waals surface area contributed by atoms with E-state index < -0.39 is 18.7 Å². The summed E-state index contributed by atoms with van der Waals surface area (Å²) in [5, 5.41) is 4.19. The summed E-state index contributed by atoms with van der Waals surface area (Å²) in [6.07, 6.45) is -5.61. The molecule has 1 aromatic rings. The number of rotatable bonds is 4. The molecule has 3 nitrogen and oxygen atoms in total. The standard InChI is InChI=1S/C13H14F5N2O/c14-12(15,13(16,17)18)9-21-11-3-1-10(2-4-11)20-7-5-19-6-8-20/h1-4H,5-9H2. The van der Waals surface area contributed by atoms with Crippen LogP contribution in [0.4, 0.5) is 27.6 Å². The van der Waals surface area contributed by atoms with Crippen molar-refractivity contribution >= 4 is 5.69 Å². The van der Waals surface area contributed by atoms with Crippen LogP contribution in [-0.2, 0) is 0 Å². The topological polar surface area (TPSA) is 26.6 Å². The fraction of sp³-hybridized carbons (Fsp3) is 0.538. The maximum Gasteiger partial charge on any atom is 0.456 e. The van der Waals surface area contributed by atoms with Crippen molar-refractivity contribution in [1.82, 2.24) is 5.32 Å². The van der Waals surface area contributed by atoms with Crippen molar-refractivity contribution in [3.05, 3.63) is 24.3 Å². The van der Waals surface area contributed by atoms with Crippen molar-refractivity contribution in [3.8, 4) is 5.75 Å². The monoisotopic (exact) mass is 309 g/mol. The third-order valence-electron chi connectivity index (χ3n) is 3.09. The number of nitrogens with zero attached hydrogens (tertiary/aromatic N) is 2. The normalized spacial score (nSPS) is 16.9. The SMILES string of the molecule is FC(F)(F)C(F)(F)COc1ccc(N2CC[N]CC2)cc1. The van der Waals surface area contributed by atoms with Crippen molar-refractivity contribution in [2.75, 3.05) is 37.7 Å². The fourth-order valence-electron chi connectivity index (χ4n) is 1.87. The maximum absolute atomic E-state index is 12.7. The molecule has 1 saturated heterocycles. The summed E-state index contributed by atoms with van der Waals surface area (Å²) in [5.41, 5.74) is 0.861. The molecule has 1 heterocycles. The van der Waals surface area contributed by atoms with Gasteiger partial charge in [-0.1, -0.05) is 0 Å². The summed E-state index contributed by atoms with van der Waals surface area (Å²) in [6.45, 7) is 1.23. The zero-order valence-corrected chi connectivity index (χ0v) is 11.0. The van der Waals surface area contributed by atoms with Crippen molar-refractivity contribution < 1.29 is 26.7 Å². The molecule has 0 amide bonds. The maximum atomic E-state index is 12.7. The zero-order chi connectivity index (χ0) is 15.5. The Morgan fingerprint density at radius 3 is 2.10 bits per heavy atom. The van der Waals surface area contributed by atoms with Gasteiger partial charge in [0.05, 0.1) is 0 Å². The summed E-state index contributed by atoms with van der Waals surface area (Å²) in [7, 11) is 0. The van der Waals surface area contributed by atoms with Gasteiger partial charge in [0, 0.05) is 31.9 Å². The van der Waals surface area contributed by atoms with E-state index in [1.165, 1.54) is 12.1 Å². The van der Waals surface area contributed by atoms with Crippen molar-refractivity contribution in [2.24, 2.45) is 0 Å². The van der Waals surface area contributed by atoms with Crippen LogP contribution in [0.15, 0.2) is 24.3 Å². The lowest BCUT2D eigenvalue weighted by molar-refractivity contribution is -0.290. The van der Waals surface area contributed by atoms with Gasteiger partial charge in [-0.2, -0.15) is 22.0 Å². The predicted octanol–water partition coefficient (Wildman–Crippen LogP) is 2.69. The first-order valence-corrected chi connectivity index (χ1v) is 6.35. The van der Waals surface area contributed by atoms with Crippen LogP contribution in [-0.4, -0.2) is 44.9 Å². The predicted molar refractivity (Wildman–Crippen MR) is 67.0 cm³/mol. The van der Waals surface area contributed by atoms with Gasteiger partial charge in [0.25, 0.3) is 0 Å². The molecule has 0 spiro atoms. The quantitative estimate of drug-likeness (QED) is 0.800. The van der Waals surface area contributed by atoms with Crippen LogP contribution in [0.25, 0.3) is 0 Å². The van der Waals surface area contributed by atoms with Gasteiger partial charge < -0.3 is 9.64 Å². The number of halogens is 5. The first kappa shape index (κ1) is 15.8. The average Bonchev–Trinajstić information content (AvgIpc) is 2.45. The first-order chi connectivity index (χ1) is 9.79. The summed E-state index contributed by atoms with van der Waals surface area (Å²) in [5.74, 6) is -4.88. The molecule has 0 atom stereocenters. The molecule has 0 saturated carbocycles. The van der Waals surface area contributed by atoms with Crippen molar-refractivity contribution in [2.45, 2.75) is 12.1 Å². The van der Waals surface area contributed by atoms with Crippen molar-refractivity contribution in [3.63, 3.8) is 0 Å². The Balaban J connectivity index is 1.93. The number of alkyl halides is 5. The van der Waals surface area contributed by atoms with Gasteiger partial charge in [-0.25, -0.2) is 5.32 Å². The van der Waals surface area contributed by atoms with Crippen LogP contribution in [0.1, 0.15) is 0 Å². The largest absolute Gasteiger partial charge is 0.487 e. The van der Waals surface area contributed by atoms with E-state index >= 15 is 0 Å². The molecule has 0 N–H and O–H groups in total. The second-order valence-electron chi connectivity index (χ2n) is 4.64. The number of piperazine rings is 1. The van der Waals surface area contributed by atoms with E-state index in [1.807, 2.05) is 0 Å². The third kappa shape index (κ3) is 3.96. The van der Waals surface area contributed by atoms with E-state index in [0.717, 1.165) is 31.9 Å². The first-order valence-electron chi connectivity index (χ1n) is 6.35. The molecule has 1 aliphatic rings. The minimum atomic E-state index is -5.61. The number of hydrogen-bond acceptors (Lipinski definition) is 2. The number of benzene rings is 1. The van der Waals surface area contributed by atoms with Gasteiger partial charge in [-0.15, -0.1) is 0 Å². The average molecular weight is 309 g/mol. The van der Waals surface area contributed by atoms with E-state index in [4.69, 9.17) is 0 Å². The van der Waals surface area contributed by atoms with Gasteiger partial charge in [0.2, 0.25) is 0 Å². The Morgan fingerprint density at radius 1 is 1.00 bits per heavy atom. The Labute approximate surface area is 118 Å². The lowest BCUT2D eigenvalue weighted by Crippen LogP contribution is -2.41. The summed E-state index contributed by atoms with van der Waals surface area (Å²) >= 11 is 0.